The first kappa shape index (κ1) is 13.6. The Morgan fingerprint density at radius 1 is 1.32 bits per heavy atom. The third kappa shape index (κ3) is 4.07. The smallest absolute Gasteiger partial charge is 0.269 e. The van der Waals surface area contributed by atoms with E-state index in [0.29, 0.717) is 6.42 Å². The number of rotatable bonds is 1. The zero-order valence-corrected chi connectivity index (χ0v) is 12.6. The maximum absolute atomic E-state index is 11.5. The lowest BCUT2D eigenvalue weighted by Gasteiger charge is -2.04. The van der Waals surface area contributed by atoms with E-state index in [2.05, 4.69) is 36.5 Å². The Hall–Kier alpha value is -1.86. The molecule has 0 aliphatic carbocycles. The van der Waals surface area contributed by atoms with E-state index in [0.717, 1.165) is 5.56 Å². The number of amides is 1. The summed E-state index contributed by atoms with van der Waals surface area (Å²) in [7, 11) is -1.41. The van der Waals surface area contributed by atoms with Gasteiger partial charge in [-0.05, 0) is 18.1 Å². The number of hydrazone groups is 1. The monoisotopic (exact) mass is 271 g/mol. The van der Waals surface area contributed by atoms with Crippen molar-refractivity contribution in [3.8, 4) is 11.5 Å². The summed E-state index contributed by atoms with van der Waals surface area (Å²) in [5.74, 6) is 3.28. The molecule has 0 radical (unpaired) electrons. The highest BCUT2D eigenvalue weighted by atomic mass is 28.3. The van der Waals surface area contributed by atoms with E-state index < -0.39 is 8.07 Å². The summed E-state index contributed by atoms with van der Waals surface area (Å²) in [4.78, 5) is 11.5. The second-order valence-electron chi connectivity index (χ2n) is 5.72. The van der Waals surface area contributed by atoms with Crippen LogP contribution in [0, 0.1) is 11.5 Å². The summed E-state index contributed by atoms with van der Waals surface area (Å²) in [5, 5.41) is 0. The number of carbonyl (C=O) groups excluding carboxylic acids is 1. The molecule has 1 N–H and O–H groups in total. The van der Waals surface area contributed by atoms with Crippen LogP contribution in [0.1, 0.15) is 12.0 Å². The van der Waals surface area contributed by atoms with Crippen LogP contribution in [0.2, 0.25) is 19.6 Å². The number of hydrazine groups is 1. The fraction of sp³-hybridized carbons (Fsp3) is 0.333. The zero-order chi connectivity index (χ0) is 13.9. The minimum Gasteiger partial charge on any atom is -0.269 e. The fourth-order valence-corrected chi connectivity index (χ4v) is 2.38. The number of carbonyl (C=O) groups is 1. The fourth-order valence-electron chi connectivity index (χ4n) is 1.78. The molecule has 19 heavy (non-hydrogen) atoms. The van der Waals surface area contributed by atoms with E-state index in [1.165, 1.54) is 0 Å². The van der Waals surface area contributed by atoms with E-state index in [1.54, 1.807) is 0 Å². The van der Waals surface area contributed by atoms with Crippen molar-refractivity contribution in [3.63, 3.8) is 0 Å². The van der Waals surface area contributed by atoms with Gasteiger partial charge in [0.25, 0.3) is 5.91 Å². The first-order chi connectivity index (χ1) is 8.94. The number of hydrogen-bond acceptors (Lipinski definition) is 1. The van der Waals surface area contributed by atoms with E-state index >= 15 is 0 Å². The molecule has 1 heterocycles. The van der Waals surface area contributed by atoms with Crippen molar-refractivity contribution >= 4 is 20.2 Å². The summed E-state index contributed by atoms with van der Waals surface area (Å²) in [6, 6.07) is 9.89. The topological polar surface area (TPSA) is 32.1 Å². The van der Waals surface area contributed by atoms with Gasteiger partial charge >= 0.3 is 0 Å². The maximum Gasteiger partial charge on any atom is 0.282 e. The van der Waals surface area contributed by atoms with Gasteiger partial charge in [-0.25, -0.2) is 0 Å². The molecule has 1 aromatic carbocycles. The van der Waals surface area contributed by atoms with Crippen molar-refractivity contribution in [2.24, 2.45) is 0 Å². The van der Waals surface area contributed by atoms with Crippen LogP contribution in [0.4, 0.5) is 0 Å². The third-order valence-corrected chi connectivity index (χ3v) is 3.56. The highest BCUT2D eigenvalue weighted by Gasteiger charge is 2.33. The molecule has 1 saturated heterocycles. The summed E-state index contributed by atoms with van der Waals surface area (Å²) >= 11 is 0. The molecule has 1 aliphatic heterocycles. The molecule has 0 saturated carbocycles. The van der Waals surface area contributed by atoms with Crippen LogP contribution in [-0.2, 0) is 4.79 Å². The van der Waals surface area contributed by atoms with Crippen LogP contribution in [0.15, 0.2) is 30.3 Å². The second kappa shape index (κ2) is 5.41. The van der Waals surface area contributed by atoms with Gasteiger partial charge in [0.15, 0.2) is 0 Å². The minimum atomic E-state index is -1.41. The van der Waals surface area contributed by atoms with Crippen molar-refractivity contribution in [1.29, 1.82) is 0 Å². The molecule has 1 unspecified atom stereocenters. The molecule has 4 heteroatoms. The molecular formula is C15H19N2OSi+. The van der Waals surface area contributed by atoms with Gasteiger partial charge in [-0.1, -0.05) is 42.5 Å². The predicted molar refractivity (Wildman–Crippen MR) is 79.5 cm³/mol. The highest BCUT2D eigenvalue weighted by Crippen LogP contribution is 2.06. The number of nitrogens with one attached hydrogen (secondary N) is 1. The van der Waals surface area contributed by atoms with Crippen LogP contribution >= 0.6 is 0 Å². The molecule has 0 bridgehead atoms. The maximum atomic E-state index is 11.5. The van der Waals surface area contributed by atoms with Crippen molar-refractivity contribution in [2.75, 3.05) is 0 Å². The predicted octanol–water partition coefficient (Wildman–Crippen LogP) is 1.80. The summed E-state index contributed by atoms with van der Waals surface area (Å²) < 4.78 is 1.82. The van der Waals surface area contributed by atoms with E-state index in [1.807, 2.05) is 41.2 Å². The first-order valence-corrected chi connectivity index (χ1v) is 9.94. The number of benzene rings is 1. The Morgan fingerprint density at radius 3 is 2.63 bits per heavy atom. The molecule has 2 rings (SSSR count). The highest BCUT2D eigenvalue weighted by molar-refractivity contribution is 6.83. The quantitative estimate of drug-likeness (QED) is 0.471. The second-order valence-corrected chi connectivity index (χ2v) is 10.5. The van der Waals surface area contributed by atoms with Crippen molar-refractivity contribution in [2.45, 2.75) is 32.1 Å². The molecule has 0 spiro atoms. The normalized spacial score (nSPS) is 20.9. The molecule has 1 atom stereocenters. The number of hydrogen-bond donors (Lipinski definition) is 1. The molecule has 1 amide bonds. The van der Waals surface area contributed by atoms with Gasteiger partial charge in [-0.2, -0.15) is 0 Å². The van der Waals surface area contributed by atoms with E-state index in [4.69, 9.17) is 0 Å². The molecule has 1 fully saturated rings. The first-order valence-electron chi connectivity index (χ1n) is 6.44. The van der Waals surface area contributed by atoms with Gasteiger partial charge in [0, 0.05) is 5.56 Å². The van der Waals surface area contributed by atoms with Gasteiger partial charge in [0.1, 0.15) is 14.5 Å². The third-order valence-electron chi connectivity index (χ3n) is 2.67. The minimum absolute atomic E-state index is 0.0297. The van der Waals surface area contributed by atoms with Gasteiger partial charge in [0.05, 0.1) is 0 Å². The van der Waals surface area contributed by atoms with Crippen LogP contribution in [0.5, 0.6) is 0 Å². The Labute approximate surface area is 115 Å². The molecular weight excluding hydrogens is 252 g/mol. The lowest BCUT2D eigenvalue weighted by Crippen LogP contribution is -2.30. The van der Waals surface area contributed by atoms with Gasteiger partial charge < -0.3 is 0 Å². The lowest BCUT2D eigenvalue weighted by molar-refractivity contribution is -0.575. The zero-order valence-electron chi connectivity index (χ0n) is 11.6. The Kier molecular flexibility index (Phi) is 3.86. The van der Waals surface area contributed by atoms with Crippen LogP contribution in [0.25, 0.3) is 0 Å². The Balaban J connectivity index is 2.25. The largest absolute Gasteiger partial charge is 0.282 e. The summed E-state index contributed by atoms with van der Waals surface area (Å²) in [6.45, 7) is 6.61. The standard InChI is InChI=1S/C15H18N2OSi/c1-19(2,3)10-9-14-11-15(18)16-17(14)12-13-7-5-4-6-8-13/h4-8,12,14H,11H2,1-3H3/p+1/b17-12+. The van der Waals surface area contributed by atoms with Crippen molar-refractivity contribution in [3.05, 3.63) is 35.9 Å². The van der Waals surface area contributed by atoms with Crippen molar-refractivity contribution < 1.29 is 9.48 Å². The van der Waals surface area contributed by atoms with E-state index in [-0.39, 0.29) is 11.9 Å². The SMILES string of the molecule is C[Si](C)(C)C#CC1CC(=O)N/[N+]1=C/c1ccccc1. The molecule has 0 aromatic heterocycles. The van der Waals surface area contributed by atoms with Crippen LogP contribution < -0.4 is 5.43 Å². The van der Waals surface area contributed by atoms with Crippen LogP contribution in [0.3, 0.4) is 0 Å². The molecule has 1 aromatic rings. The molecule has 3 nitrogen and oxygen atoms in total. The molecule has 98 valence electrons. The van der Waals surface area contributed by atoms with E-state index in [9.17, 15) is 4.79 Å². The average molecular weight is 271 g/mol. The summed E-state index contributed by atoms with van der Waals surface area (Å²) in [6.07, 6.45) is 2.38. The van der Waals surface area contributed by atoms with Crippen LogP contribution in [-0.4, -0.2) is 30.9 Å². The lowest BCUT2D eigenvalue weighted by atomic mass is 10.2. The number of nitrogens with zero attached hydrogens (tertiary/aromatic N) is 1. The van der Waals surface area contributed by atoms with Gasteiger partial charge in [-0.15, -0.1) is 11.0 Å². The van der Waals surface area contributed by atoms with Gasteiger partial charge in [-0.3, -0.25) is 4.79 Å². The van der Waals surface area contributed by atoms with Crippen molar-refractivity contribution in [1.82, 2.24) is 5.43 Å². The Bertz CT molecular complexity index is 561. The Morgan fingerprint density at radius 2 is 2.00 bits per heavy atom. The summed E-state index contributed by atoms with van der Waals surface area (Å²) in [5.41, 5.74) is 7.24. The van der Waals surface area contributed by atoms with Gasteiger partial charge in [0.2, 0.25) is 12.3 Å². The molecule has 1 aliphatic rings. The average Bonchev–Trinajstić information content (AvgIpc) is 2.67.